The molecule has 0 aliphatic carbocycles. The van der Waals surface area contributed by atoms with Gasteiger partial charge in [0.15, 0.2) is 0 Å². The summed E-state index contributed by atoms with van der Waals surface area (Å²) in [5.41, 5.74) is 6.19. The van der Waals surface area contributed by atoms with Crippen LogP contribution in [0.2, 0.25) is 0 Å². The molecule has 0 fully saturated rings. The Balaban J connectivity index is 2.47. The number of halogens is 1. The summed E-state index contributed by atoms with van der Waals surface area (Å²) < 4.78 is 6.73. The fourth-order valence-electron chi connectivity index (χ4n) is 1.87. The van der Waals surface area contributed by atoms with Gasteiger partial charge in [-0.05, 0) is 0 Å². The van der Waals surface area contributed by atoms with Crippen LogP contribution in [-0.2, 0) is 22.7 Å². The lowest BCUT2D eigenvalue weighted by molar-refractivity contribution is -0.121. The van der Waals surface area contributed by atoms with Crippen molar-refractivity contribution in [1.29, 1.82) is 0 Å². The maximum atomic E-state index is 11.6. The molecule has 0 aromatic carbocycles. The lowest BCUT2D eigenvalue weighted by Crippen LogP contribution is -2.30. The Morgan fingerprint density at radius 1 is 1.69 bits per heavy atom. The average Bonchev–Trinajstić information content (AvgIpc) is 2.56. The van der Waals surface area contributed by atoms with E-state index in [1.807, 2.05) is 0 Å². The molecule has 6 nitrogen and oxygen atoms in total. The third kappa shape index (κ3) is 1.74. The number of nitrogens with zero attached hydrogens (tertiary/aromatic N) is 1. The molecule has 3 N–H and O–H groups in total. The lowest BCUT2D eigenvalue weighted by atomic mass is 10.0. The number of ether oxygens (including phenoxy) is 1. The molecule has 2 heterocycles. The number of aromatic nitrogens is 2. The Morgan fingerprint density at radius 3 is 3.06 bits per heavy atom. The molecular formula is C9H12ClN3O3. The zero-order chi connectivity index (χ0) is 11.7. The van der Waals surface area contributed by atoms with Gasteiger partial charge < -0.3 is 15.5 Å². The fourth-order valence-corrected chi connectivity index (χ4v) is 2.04. The highest BCUT2D eigenvalue weighted by Crippen LogP contribution is 2.23. The van der Waals surface area contributed by atoms with Crippen molar-refractivity contribution in [2.24, 2.45) is 5.73 Å². The molecule has 16 heavy (non-hydrogen) atoms. The number of alkyl halides is 1. The van der Waals surface area contributed by atoms with Crippen LogP contribution < -0.4 is 11.4 Å². The molecule has 1 aliphatic rings. The van der Waals surface area contributed by atoms with Crippen molar-refractivity contribution >= 4 is 17.5 Å². The molecule has 0 saturated heterocycles. The van der Waals surface area contributed by atoms with Gasteiger partial charge in [-0.15, -0.1) is 11.6 Å². The predicted molar refractivity (Wildman–Crippen MR) is 57.4 cm³/mol. The molecule has 1 aromatic rings. The molecule has 0 bridgehead atoms. The SMILES string of the molecule is NC(=O)C1COCc2c1[nH]c(=O)n2CCCl. The number of carbonyl (C=O) groups is 1. The summed E-state index contributed by atoms with van der Waals surface area (Å²) in [6.07, 6.45) is 0. The Bertz CT molecular complexity index is 465. The second-order valence-corrected chi connectivity index (χ2v) is 3.98. The quantitative estimate of drug-likeness (QED) is 0.705. The molecule has 0 radical (unpaired) electrons. The van der Waals surface area contributed by atoms with Gasteiger partial charge >= 0.3 is 5.69 Å². The van der Waals surface area contributed by atoms with Crippen LogP contribution in [0.15, 0.2) is 4.79 Å². The first kappa shape index (κ1) is 11.2. The van der Waals surface area contributed by atoms with Crippen LogP contribution in [0.1, 0.15) is 17.3 Å². The summed E-state index contributed by atoms with van der Waals surface area (Å²) in [4.78, 5) is 25.4. The molecule has 88 valence electrons. The minimum absolute atomic E-state index is 0.211. The van der Waals surface area contributed by atoms with E-state index >= 15 is 0 Å². The van der Waals surface area contributed by atoms with E-state index in [4.69, 9.17) is 22.1 Å². The summed E-state index contributed by atoms with van der Waals surface area (Å²) in [6, 6.07) is 0. The number of hydrogen-bond acceptors (Lipinski definition) is 3. The Hall–Kier alpha value is -1.27. The molecule has 1 amide bonds. The van der Waals surface area contributed by atoms with Gasteiger partial charge in [0.2, 0.25) is 5.91 Å². The minimum Gasteiger partial charge on any atom is -0.374 e. The third-order valence-electron chi connectivity index (χ3n) is 2.65. The number of fused-ring (bicyclic) bond motifs is 1. The van der Waals surface area contributed by atoms with E-state index in [1.54, 1.807) is 0 Å². The number of primary amides is 1. The molecule has 1 unspecified atom stereocenters. The van der Waals surface area contributed by atoms with Gasteiger partial charge in [-0.3, -0.25) is 9.36 Å². The fraction of sp³-hybridized carbons (Fsp3) is 0.556. The number of aromatic amines is 1. The molecule has 1 atom stereocenters. The summed E-state index contributed by atoms with van der Waals surface area (Å²) in [5.74, 6) is -0.751. The van der Waals surface area contributed by atoms with E-state index in [2.05, 4.69) is 4.98 Å². The highest BCUT2D eigenvalue weighted by Gasteiger charge is 2.29. The van der Waals surface area contributed by atoms with Gasteiger partial charge in [0, 0.05) is 12.4 Å². The zero-order valence-corrected chi connectivity index (χ0v) is 9.29. The molecule has 0 spiro atoms. The Labute approximate surface area is 96.3 Å². The van der Waals surface area contributed by atoms with Crippen LogP contribution >= 0.6 is 11.6 Å². The number of carbonyl (C=O) groups excluding carboxylic acids is 1. The van der Waals surface area contributed by atoms with E-state index < -0.39 is 11.8 Å². The maximum absolute atomic E-state index is 11.6. The highest BCUT2D eigenvalue weighted by molar-refractivity contribution is 6.17. The highest BCUT2D eigenvalue weighted by atomic mass is 35.5. The summed E-state index contributed by atoms with van der Waals surface area (Å²) in [5, 5.41) is 0. The van der Waals surface area contributed by atoms with Gasteiger partial charge in [-0.25, -0.2) is 4.79 Å². The van der Waals surface area contributed by atoms with E-state index in [0.29, 0.717) is 30.4 Å². The Morgan fingerprint density at radius 2 is 2.44 bits per heavy atom. The number of hydrogen-bond donors (Lipinski definition) is 2. The molecule has 0 saturated carbocycles. The number of H-pyrrole nitrogens is 1. The topological polar surface area (TPSA) is 90.1 Å². The molecular weight excluding hydrogens is 234 g/mol. The Kier molecular flexibility index (Phi) is 3.02. The number of amides is 1. The van der Waals surface area contributed by atoms with Gasteiger partial charge in [0.05, 0.1) is 24.6 Å². The average molecular weight is 246 g/mol. The standard InChI is InChI=1S/C9H12ClN3O3/c10-1-2-13-6-4-16-3-5(8(11)14)7(6)12-9(13)15/h5H,1-4H2,(H2,11,14)(H,12,15). The summed E-state index contributed by atoms with van der Waals surface area (Å²) in [7, 11) is 0. The van der Waals surface area contributed by atoms with Crippen LogP contribution in [0.5, 0.6) is 0 Å². The van der Waals surface area contributed by atoms with Gasteiger partial charge in [0.1, 0.15) is 5.92 Å². The van der Waals surface area contributed by atoms with Crippen molar-refractivity contribution in [1.82, 2.24) is 9.55 Å². The number of nitrogens with one attached hydrogen (secondary N) is 1. The first-order valence-electron chi connectivity index (χ1n) is 4.89. The van der Waals surface area contributed by atoms with E-state index in [0.717, 1.165) is 0 Å². The third-order valence-corrected chi connectivity index (χ3v) is 2.82. The maximum Gasteiger partial charge on any atom is 0.326 e. The van der Waals surface area contributed by atoms with Gasteiger partial charge in [-0.2, -0.15) is 0 Å². The largest absolute Gasteiger partial charge is 0.374 e. The van der Waals surface area contributed by atoms with Crippen LogP contribution in [0.25, 0.3) is 0 Å². The normalized spacial score (nSPS) is 19.4. The molecule has 2 rings (SSSR count). The molecule has 1 aromatic heterocycles. The van der Waals surface area contributed by atoms with Crippen molar-refractivity contribution in [3.05, 3.63) is 21.9 Å². The molecule has 1 aliphatic heterocycles. The van der Waals surface area contributed by atoms with Crippen LogP contribution in [0.4, 0.5) is 0 Å². The number of rotatable bonds is 3. The lowest BCUT2D eigenvalue weighted by Gasteiger charge is -2.20. The van der Waals surface area contributed by atoms with E-state index in [-0.39, 0.29) is 12.3 Å². The smallest absolute Gasteiger partial charge is 0.326 e. The van der Waals surface area contributed by atoms with E-state index in [9.17, 15) is 9.59 Å². The summed E-state index contributed by atoms with van der Waals surface area (Å²) in [6.45, 7) is 0.902. The monoisotopic (exact) mass is 245 g/mol. The van der Waals surface area contributed by atoms with E-state index in [1.165, 1.54) is 4.57 Å². The van der Waals surface area contributed by atoms with Crippen LogP contribution in [0.3, 0.4) is 0 Å². The van der Waals surface area contributed by atoms with Gasteiger partial charge in [-0.1, -0.05) is 0 Å². The first-order valence-corrected chi connectivity index (χ1v) is 5.43. The number of imidazole rings is 1. The summed E-state index contributed by atoms with van der Waals surface area (Å²) >= 11 is 5.60. The van der Waals surface area contributed by atoms with Gasteiger partial charge in [0.25, 0.3) is 0 Å². The van der Waals surface area contributed by atoms with Crippen LogP contribution in [-0.4, -0.2) is 27.9 Å². The van der Waals surface area contributed by atoms with Crippen molar-refractivity contribution < 1.29 is 9.53 Å². The second kappa shape index (κ2) is 4.31. The van der Waals surface area contributed by atoms with Crippen LogP contribution in [0, 0.1) is 0 Å². The second-order valence-electron chi connectivity index (χ2n) is 3.60. The molecule has 7 heteroatoms. The predicted octanol–water partition coefficient (Wildman–Crippen LogP) is -0.486. The van der Waals surface area contributed by atoms with Crippen molar-refractivity contribution in [2.45, 2.75) is 19.1 Å². The number of nitrogens with two attached hydrogens (primary N) is 1. The van der Waals surface area contributed by atoms with Crippen molar-refractivity contribution in [2.75, 3.05) is 12.5 Å². The van der Waals surface area contributed by atoms with Crippen molar-refractivity contribution in [3.8, 4) is 0 Å². The van der Waals surface area contributed by atoms with Crippen molar-refractivity contribution in [3.63, 3.8) is 0 Å². The minimum atomic E-state index is -0.576. The first-order chi connectivity index (χ1) is 7.65. The zero-order valence-electron chi connectivity index (χ0n) is 8.53.